The summed E-state index contributed by atoms with van der Waals surface area (Å²) >= 11 is 1.92. The molecule has 12 heavy (non-hydrogen) atoms. The summed E-state index contributed by atoms with van der Waals surface area (Å²) in [5.41, 5.74) is 2.59. The van der Waals surface area contributed by atoms with Gasteiger partial charge in [-0.15, -0.1) is 0 Å². The van der Waals surface area contributed by atoms with Crippen molar-refractivity contribution in [1.29, 1.82) is 0 Å². The largest absolute Gasteiger partial charge is 0.159 e. The van der Waals surface area contributed by atoms with E-state index in [1.54, 1.807) is 6.20 Å². The molecule has 0 radical (unpaired) electrons. The van der Waals surface area contributed by atoms with Gasteiger partial charge in [-0.1, -0.05) is 6.92 Å². The van der Waals surface area contributed by atoms with Crippen LogP contribution in [0.2, 0.25) is 0 Å². The zero-order valence-electron chi connectivity index (χ0n) is 7.32. The van der Waals surface area contributed by atoms with Gasteiger partial charge in [0.2, 0.25) is 0 Å². The second kappa shape index (κ2) is 3.05. The van der Waals surface area contributed by atoms with Gasteiger partial charge in [0.1, 0.15) is 0 Å². The molecule has 1 aromatic rings. The standard InChI is InChI=1S/C9H12N2S/c1-6-5-8-7(9(6)12-2)3-4-10-11-8/h3-4,6,9H,5H2,1-2H3. The summed E-state index contributed by atoms with van der Waals surface area (Å²) in [4.78, 5) is 0. The Balaban J connectivity index is 2.40. The predicted molar refractivity (Wildman–Crippen MR) is 51.2 cm³/mol. The van der Waals surface area contributed by atoms with Gasteiger partial charge in [-0.3, -0.25) is 0 Å². The summed E-state index contributed by atoms with van der Waals surface area (Å²) in [6, 6.07) is 2.10. The van der Waals surface area contributed by atoms with Crippen molar-refractivity contribution >= 4 is 11.8 Å². The third kappa shape index (κ3) is 1.12. The molecule has 3 heteroatoms. The smallest absolute Gasteiger partial charge is 0.0677 e. The van der Waals surface area contributed by atoms with Crippen molar-refractivity contribution in [3.05, 3.63) is 23.5 Å². The Hall–Kier alpha value is -0.570. The molecule has 0 saturated heterocycles. The van der Waals surface area contributed by atoms with Crippen molar-refractivity contribution in [3.8, 4) is 0 Å². The Labute approximate surface area is 76.8 Å². The van der Waals surface area contributed by atoms with E-state index in [-0.39, 0.29) is 0 Å². The average molecular weight is 180 g/mol. The van der Waals surface area contributed by atoms with Crippen LogP contribution in [0.3, 0.4) is 0 Å². The zero-order chi connectivity index (χ0) is 8.55. The Morgan fingerprint density at radius 2 is 2.42 bits per heavy atom. The first-order chi connectivity index (χ1) is 5.83. The molecule has 2 rings (SSSR count). The molecule has 0 saturated carbocycles. The second-order valence-electron chi connectivity index (χ2n) is 3.27. The fraction of sp³-hybridized carbons (Fsp3) is 0.556. The molecule has 1 aliphatic carbocycles. The van der Waals surface area contributed by atoms with Crippen LogP contribution in [0.5, 0.6) is 0 Å². The third-order valence-corrected chi connectivity index (χ3v) is 3.65. The Morgan fingerprint density at radius 3 is 3.17 bits per heavy atom. The van der Waals surface area contributed by atoms with Crippen molar-refractivity contribution in [3.63, 3.8) is 0 Å². The highest BCUT2D eigenvalue weighted by atomic mass is 32.2. The third-order valence-electron chi connectivity index (χ3n) is 2.43. The van der Waals surface area contributed by atoms with E-state index in [4.69, 9.17) is 0 Å². The number of nitrogens with zero attached hydrogens (tertiary/aromatic N) is 2. The first kappa shape index (κ1) is 8.05. The van der Waals surface area contributed by atoms with E-state index in [1.165, 1.54) is 11.3 Å². The fourth-order valence-electron chi connectivity index (χ4n) is 1.87. The highest BCUT2D eigenvalue weighted by molar-refractivity contribution is 7.98. The Bertz CT molecular complexity index is 288. The molecule has 2 nitrogen and oxygen atoms in total. The van der Waals surface area contributed by atoms with E-state index < -0.39 is 0 Å². The lowest BCUT2D eigenvalue weighted by Gasteiger charge is -2.11. The molecular formula is C9H12N2S. The van der Waals surface area contributed by atoms with E-state index in [1.807, 2.05) is 11.8 Å². The number of thioether (sulfide) groups is 1. The van der Waals surface area contributed by atoms with Crippen LogP contribution in [-0.4, -0.2) is 16.5 Å². The molecule has 0 spiro atoms. The minimum Gasteiger partial charge on any atom is -0.159 e. The van der Waals surface area contributed by atoms with Crippen LogP contribution in [0.4, 0.5) is 0 Å². The summed E-state index contributed by atoms with van der Waals surface area (Å²) < 4.78 is 0. The lowest BCUT2D eigenvalue weighted by Crippen LogP contribution is -1.97. The summed E-state index contributed by atoms with van der Waals surface area (Å²) in [6.07, 6.45) is 5.05. The van der Waals surface area contributed by atoms with Gasteiger partial charge >= 0.3 is 0 Å². The average Bonchev–Trinajstić information content (AvgIpc) is 2.40. The number of hydrogen-bond acceptors (Lipinski definition) is 3. The van der Waals surface area contributed by atoms with E-state index >= 15 is 0 Å². The SMILES string of the molecule is CSC1c2ccnnc2CC1C. The highest BCUT2D eigenvalue weighted by Crippen LogP contribution is 2.42. The quantitative estimate of drug-likeness (QED) is 0.661. The molecule has 64 valence electrons. The predicted octanol–water partition coefficient (Wildman–Crippen LogP) is 2.07. The molecule has 0 bridgehead atoms. The summed E-state index contributed by atoms with van der Waals surface area (Å²) in [6.45, 7) is 2.28. The number of rotatable bonds is 1. The summed E-state index contributed by atoms with van der Waals surface area (Å²) in [7, 11) is 0. The molecule has 1 aliphatic rings. The van der Waals surface area contributed by atoms with Gasteiger partial charge in [0.25, 0.3) is 0 Å². The van der Waals surface area contributed by atoms with Gasteiger partial charge < -0.3 is 0 Å². The van der Waals surface area contributed by atoms with Crippen LogP contribution in [0.1, 0.15) is 23.4 Å². The molecule has 0 N–H and O–H groups in total. The molecule has 0 amide bonds. The first-order valence-electron chi connectivity index (χ1n) is 4.16. The molecule has 0 aliphatic heterocycles. The second-order valence-corrected chi connectivity index (χ2v) is 4.25. The van der Waals surface area contributed by atoms with Crippen molar-refractivity contribution in [2.24, 2.45) is 5.92 Å². The van der Waals surface area contributed by atoms with Crippen LogP contribution in [0, 0.1) is 5.92 Å². The van der Waals surface area contributed by atoms with Crippen LogP contribution >= 0.6 is 11.8 Å². The highest BCUT2D eigenvalue weighted by Gasteiger charge is 2.29. The molecule has 2 unspecified atom stereocenters. The number of aromatic nitrogens is 2. The number of fused-ring (bicyclic) bond motifs is 1. The fourth-order valence-corrected chi connectivity index (χ4v) is 2.90. The lowest BCUT2D eigenvalue weighted by atomic mass is 10.1. The monoisotopic (exact) mass is 180 g/mol. The summed E-state index contributed by atoms with van der Waals surface area (Å²) in [5.74, 6) is 0.715. The van der Waals surface area contributed by atoms with Crippen LogP contribution in [0.25, 0.3) is 0 Å². The van der Waals surface area contributed by atoms with Crippen molar-refractivity contribution < 1.29 is 0 Å². The van der Waals surface area contributed by atoms with Crippen molar-refractivity contribution in [1.82, 2.24) is 10.2 Å². The maximum atomic E-state index is 4.14. The first-order valence-corrected chi connectivity index (χ1v) is 5.45. The van der Waals surface area contributed by atoms with Gasteiger partial charge in [0.15, 0.2) is 0 Å². The van der Waals surface area contributed by atoms with E-state index in [0.717, 1.165) is 6.42 Å². The van der Waals surface area contributed by atoms with Gasteiger partial charge in [-0.25, -0.2) is 0 Å². The van der Waals surface area contributed by atoms with Gasteiger partial charge in [-0.2, -0.15) is 22.0 Å². The van der Waals surface area contributed by atoms with E-state index in [0.29, 0.717) is 11.2 Å². The topological polar surface area (TPSA) is 25.8 Å². The van der Waals surface area contributed by atoms with Gasteiger partial charge in [-0.05, 0) is 30.2 Å². The van der Waals surface area contributed by atoms with Crippen LogP contribution in [0.15, 0.2) is 12.3 Å². The van der Waals surface area contributed by atoms with Crippen LogP contribution < -0.4 is 0 Å². The van der Waals surface area contributed by atoms with Gasteiger partial charge in [0, 0.05) is 11.4 Å². The minimum atomic E-state index is 0.635. The zero-order valence-corrected chi connectivity index (χ0v) is 8.14. The molecule has 0 fully saturated rings. The Kier molecular flexibility index (Phi) is 2.05. The van der Waals surface area contributed by atoms with Crippen molar-refractivity contribution in [2.45, 2.75) is 18.6 Å². The van der Waals surface area contributed by atoms with Gasteiger partial charge in [0.05, 0.1) is 5.69 Å². The maximum Gasteiger partial charge on any atom is 0.0677 e. The molecular weight excluding hydrogens is 168 g/mol. The Morgan fingerprint density at radius 1 is 1.58 bits per heavy atom. The molecule has 1 aromatic heterocycles. The van der Waals surface area contributed by atoms with E-state index in [9.17, 15) is 0 Å². The maximum absolute atomic E-state index is 4.14. The molecule has 1 heterocycles. The van der Waals surface area contributed by atoms with Crippen molar-refractivity contribution in [2.75, 3.05) is 6.26 Å². The minimum absolute atomic E-state index is 0.635. The van der Waals surface area contributed by atoms with Crippen LogP contribution in [-0.2, 0) is 6.42 Å². The van der Waals surface area contributed by atoms with E-state index in [2.05, 4.69) is 29.4 Å². The summed E-state index contributed by atoms with van der Waals surface area (Å²) in [5, 5.41) is 8.68. The molecule has 0 aromatic carbocycles. The number of hydrogen-bond donors (Lipinski definition) is 0. The lowest BCUT2D eigenvalue weighted by molar-refractivity contribution is 0.611. The molecule has 2 atom stereocenters. The normalized spacial score (nSPS) is 27.2.